The number of hydrogen-bond acceptors (Lipinski definition) is 1. The summed E-state index contributed by atoms with van der Waals surface area (Å²) in [4.78, 5) is 11.4. The van der Waals surface area contributed by atoms with Crippen molar-refractivity contribution in [2.45, 2.75) is 52.4 Å². The molecule has 2 rings (SSSR count). The summed E-state index contributed by atoms with van der Waals surface area (Å²) in [6, 6.07) is 0. The van der Waals surface area contributed by atoms with E-state index in [2.05, 4.69) is 13.8 Å². The van der Waals surface area contributed by atoms with Gasteiger partial charge in [0.05, 0.1) is 0 Å². The second kappa shape index (κ2) is 2.97. The molecule has 1 atom stereocenters. The molecule has 0 amide bonds. The van der Waals surface area contributed by atoms with Gasteiger partial charge in [0, 0.05) is 12.8 Å². The first-order chi connectivity index (χ1) is 6.12. The van der Waals surface area contributed by atoms with E-state index >= 15 is 0 Å². The molecule has 0 N–H and O–H groups in total. The molecular weight excluding hydrogens is 160 g/mol. The molecule has 0 radical (unpaired) electrons. The van der Waals surface area contributed by atoms with E-state index in [1.54, 1.807) is 11.1 Å². The molecule has 0 heterocycles. The summed E-state index contributed by atoms with van der Waals surface area (Å²) in [6.45, 7) is 4.53. The number of rotatable bonds is 0. The van der Waals surface area contributed by atoms with Crippen LogP contribution in [0.3, 0.4) is 0 Å². The average molecular weight is 178 g/mol. The maximum absolute atomic E-state index is 11.4. The molecule has 0 aromatic carbocycles. The number of allylic oxidation sites excluding steroid dienone is 2. The molecule has 72 valence electrons. The number of carbonyl (C=O) groups is 1. The van der Waals surface area contributed by atoms with E-state index in [4.69, 9.17) is 0 Å². The third-order valence-electron chi connectivity index (χ3n) is 3.77. The molecule has 0 aromatic rings. The van der Waals surface area contributed by atoms with Crippen LogP contribution >= 0.6 is 0 Å². The molecule has 0 spiro atoms. The van der Waals surface area contributed by atoms with Crippen molar-refractivity contribution in [3.05, 3.63) is 11.1 Å². The second-order valence-electron chi connectivity index (χ2n) is 4.89. The Labute approximate surface area is 80.2 Å². The van der Waals surface area contributed by atoms with Gasteiger partial charge in [0.2, 0.25) is 0 Å². The number of carbonyl (C=O) groups excluding carboxylic acids is 1. The molecule has 1 nitrogen and oxygen atoms in total. The van der Waals surface area contributed by atoms with Gasteiger partial charge in [-0.05, 0) is 38.0 Å². The van der Waals surface area contributed by atoms with E-state index in [0.717, 1.165) is 19.3 Å². The molecule has 2 aliphatic rings. The van der Waals surface area contributed by atoms with Gasteiger partial charge in [-0.15, -0.1) is 0 Å². The summed E-state index contributed by atoms with van der Waals surface area (Å²) in [7, 11) is 0. The summed E-state index contributed by atoms with van der Waals surface area (Å²) in [5.41, 5.74) is 3.43. The largest absolute Gasteiger partial charge is 0.300 e. The molecule has 1 fully saturated rings. The number of fused-ring (bicyclic) bond motifs is 1. The summed E-state index contributed by atoms with van der Waals surface area (Å²) in [6.07, 6.45) is 6.41. The third-order valence-corrected chi connectivity index (χ3v) is 3.77. The van der Waals surface area contributed by atoms with Crippen molar-refractivity contribution in [1.82, 2.24) is 0 Å². The van der Waals surface area contributed by atoms with Crippen molar-refractivity contribution in [2.75, 3.05) is 0 Å². The van der Waals surface area contributed by atoms with Gasteiger partial charge in [-0.25, -0.2) is 0 Å². The monoisotopic (exact) mass is 178 g/mol. The van der Waals surface area contributed by atoms with Crippen LogP contribution in [0.4, 0.5) is 0 Å². The molecule has 2 aliphatic carbocycles. The maximum atomic E-state index is 11.4. The van der Waals surface area contributed by atoms with Crippen LogP contribution < -0.4 is 0 Å². The summed E-state index contributed by atoms with van der Waals surface area (Å²) in [5.74, 6) is 0.473. The van der Waals surface area contributed by atoms with Crippen LogP contribution in [-0.2, 0) is 4.79 Å². The Bertz CT molecular complexity index is 275. The van der Waals surface area contributed by atoms with Crippen LogP contribution in [0.15, 0.2) is 11.1 Å². The van der Waals surface area contributed by atoms with Gasteiger partial charge < -0.3 is 0 Å². The van der Waals surface area contributed by atoms with Crippen LogP contribution in [0.2, 0.25) is 0 Å². The highest BCUT2D eigenvalue weighted by atomic mass is 16.1. The normalized spacial score (nSPS) is 34.8. The Kier molecular flexibility index (Phi) is 2.05. The predicted octanol–water partition coefficient (Wildman–Crippen LogP) is 3.25. The topological polar surface area (TPSA) is 17.1 Å². The predicted molar refractivity (Wildman–Crippen MR) is 53.5 cm³/mol. The molecule has 1 saturated carbocycles. The van der Waals surface area contributed by atoms with Crippen molar-refractivity contribution in [3.63, 3.8) is 0 Å². The third kappa shape index (κ3) is 1.45. The van der Waals surface area contributed by atoms with Crippen molar-refractivity contribution < 1.29 is 4.79 Å². The lowest BCUT2D eigenvalue weighted by atomic mass is 9.64. The van der Waals surface area contributed by atoms with Crippen molar-refractivity contribution >= 4 is 5.78 Å². The molecule has 13 heavy (non-hydrogen) atoms. The first-order valence-corrected chi connectivity index (χ1v) is 5.33. The zero-order chi connectivity index (χ0) is 9.47. The number of Topliss-reactive ketones (excluding diaryl/α,β-unsaturated/α-hetero) is 1. The molecule has 0 saturated heterocycles. The first kappa shape index (κ1) is 8.98. The highest BCUT2D eigenvalue weighted by Gasteiger charge is 2.37. The zero-order valence-corrected chi connectivity index (χ0v) is 8.65. The quantitative estimate of drug-likeness (QED) is 0.520. The molecular formula is C12H18O. The fourth-order valence-corrected chi connectivity index (χ4v) is 3.06. The Hall–Kier alpha value is -0.590. The van der Waals surface area contributed by atoms with Crippen LogP contribution in [0.5, 0.6) is 0 Å². The summed E-state index contributed by atoms with van der Waals surface area (Å²) >= 11 is 0. The van der Waals surface area contributed by atoms with E-state index in [0.29, 0.717) is 5.78 Å². The van der Waals surface area contributed by atoms with Crippen LogP contribution in [0.1, 0.15) is 52.4 Å². The van der Waals surface area contributed by atoms with E-state index in [1.165, 1.54) is 19.3 Å². The van der Waals surface area contributed by atoms with E-state index < -0.39 is 0 Å². The lowest BCUT2D eigenvalue weighted by molar-refractivity contribution is -0.122. The minimum atomic E-state index is 0.248. The SMILES string of the molecule is CC1=C2CCC(=O)C[C@]2(C)CCC1. The lowest BCUT2D eigenvalue weighted by Gasteiger charge is -2.40. The van der Waals surface area contributed by atoms with Crippen LogP contribution in [-0.4, -0.2) is 5.78 Å². The minimum absolute atomic E-state index is 0.248. The maximum Gasteiger partial charge on any atom is 0.134 e. The first-order valence-electron chi connectivity index (χ1n) is 5.33. The Morgan fingerprint density at radius 3 is 2.77 bits per heavy atom. The van der Waals surface area contributed by atoms with Gasteiger partial charge in [-0.2, -0.15) is 0 Å². The van der Waals surface area contributed by atoms with Crippen molar-refractivity contribution in [2.24, 2.45) is 5.41 Å². The van der Waals surface area contributed by atoms with Gasteiger partial charge in [0.25, 0.3) is 0 Å². The average Bonchev–Trinajstić information content (AvgIpc) is 2.02. The van der Waals surface area contributed by atoms with Crippen molar-refractivity contribution in [3.8, 4) is 0 Å². The van der Waals surface area contributed by atoms with Crippen LogP contribution in [0.25, 0.3) is 0 Å². The highest BCUT2D eigenvalue weighted by molar-refractivity contribution is 5.81. The number of ketones is 1. The van der Waals surface area contributed by atoms with Crippen molar-refractivity contribution in [1.29, 1.82) is 0 Å². The van der Waals surface area contributed by atoms with E-state index in [9.17, 15) is 4.79 Å². The minimum Gasteiger partial charge on any atom is -0.300 e. The standard InChI is InChI=1S/C12H18O/c1-9-4-3-7-12(2)8-10(13)5-6-11(9)12/h3-8H2,1-2H3/t12-/m0/s1. The second-order valence-corrected chi connectivity index (χ2v) is 4.89. The molecule has 0 aromatic heterocycles. The Morgan fingerprint density at radius 1 is 1.23 bits per heavy atom. The molecule has 0 unspecified atom stereocenters. The lowest BCUT2D eigenvalue weighted by Crippen LogP contribution is -2.31. The Balaban J connectivity index is 2.34. The highest BCUT2D eigenvalue weighted by Crippen LogP contribution is 2.48. The van der Waals surface area contributed by atoms with Crippen LogP contribution in [0, 0.1) is 5.41 Å². The summed E-state index contributed by atoms with van der Waals surface area (Å²) < 4.78 is 0. The molecule has 1 heteroatoms. The molecule has 0 bridgehead atoms. The molecule has 0 aliphatic heterocycles. The fraction of sp³-hybridized carbons (Fsp3) is 0.750. The van der Waals surface area contributed by atoms with E-state index in [-0.39, 0.29) is 5.41 Å². The van der Waals surface area contributed by atoms with Gasteiger partial charge >= 0.3 is 0 Å². The smallest absolute Gasteiger partial charge is 0.134 e. The van der Waals surface area contributed by atoms with Gasteiger partial charge in [0.1, 0.15) is 5.78 Å². The van der Waals surface area contributed by atoms with E-state index in [1.807, 2.05) is 0 Å². The van der Waals surface area contributed by atoms with Gasteiger partial charge in [-0.3, -0.25) is 4.79 Å². The zero-order valence-electron chi connectivity index (χ0n) is 8.65. The Morgan fingerprint density at radius 2 is 2.00 bits per heavy atom. The van der Waals surface area contributed by atoms with Gasteiger partial charge in [0.15, 0.2) is 0 Å². The fourth-order valence-electron chi connectivity index (χ4n) is 3.06. The summed E-state index contributed by atoms with van der Waals surface area (Å²) in [5, 5.41) is 0. The number of hydrogen-bond donors (Lipinski definition) is 0. The van der Waals surface area contributed by atoms with Gasteiger partial charge in [-0.1, -0.05) is 18.1 Å².